The summed E-state index contributed by atoms with van der Waals surface area (Å²) in [6.07, 6.45) is 0. The van der Waals surface area contributed by atoms with Crippen LogP contribution in [0.5, 0.6) is 0 Å². The van der Waals surface area contributed by atoms with Gasteiger partial charge in [0.25, 0.3) is 0 Å². The summed E-state index contributed by atoms with van der Waals surface area (Å²) in [7, 11) is 0. The van der Waals surface area contributed by atoms with E-state index < -0.39 is 0 Å². The highest BCUT2D eigenvalue weighted by Gasteiger charge is 2.15. The molecule has 1 saturated heterocycles. The molecule has 0 aliphatic carbocycles. The second kappa shape index (κ2) is 9.50. The van der Waals surface area contributed by atoms with Gasteiger partial charge in [0.15, 0.2) is 0 Å². The molecule has 1 aromatic heterocycles. The summed E-state index contributed by atoms with van der Waals surface area (Å²) in [6.45, 7) is 9.57. The zero-order valence-corrected chi connectivity index (χ0v) is 18.3. The lowest BCUT2D eigenvalue weighted by Crippen LogP contribution is -2.40. The Labute approximate surface area is 182 Å². The quantitative estimate of drug-likeness (QED) is 0.548. The molecule has 0 amide bonds. The standard InChI is InChI=1S/C23H27Cl2N3O/c1-17-21(15-26-8-9-27-10-12-29-13-11-27)20-4-2-3-5-23(20)28(17)16-18-6-7-19(24)14-22(18)25/h2-7,14,26H,8-13,15-16H2,1H3. The maximum Gasteiger partial charge on any atom is 0.0594 e. The Morgan fingerprint density at radius 1 is 1.07 bits per heavy atom. The number of hydrogen-bond donors (Lipinski definition) is 1. The number of nitrogens with zero attached hydrogens (tertiary/aromatic N) is 2. The lowest BCUT2D eigenvalue weighted by molar-refractivity contribution is 0.0384. The van der Waals surface area contributed by atoms with Crippen LogP contribution < -0.4 is 5.32 Å². The topological polar surface area (TPSA) is 29.4 Å². The number of benzene rings is 2. The molecule has 3 aromatic rings. The molecule has 1 fully saturated rings. The highest BCUT2D eigenvalue weighted by molar-refractivity contribution is 6.35. The van der Waals surface area contributed by atoms with Gasteiger partial charge in [0.2, 0.25) is 0 Å². The van der Waals surface area contributed by atoms with Crippen molar-refractivity contribution < 1.29 is 4.74 Å². The molecule has 1 N–H and O–H groups in total. The molecule has 1 aliphatic rings. The number of para-hydroxylation sites is 1. The van der Waals surface area contributed by atoms with Crippen LogP contribution in [-0.2, 0) is 17.8 Å². The van der Waals surface area contributed by atoms with Gasteiger partial charge in [-0.2, -0.15) is 0 Å². The SMILES string of the molecule is Cc1c(CNCCN2CCOCC2)c2ccccc2n1Cc1ccc(Cl)cc1Cl. The van der Waals surface area contributed by atoms with Gasteiger partial charge in [0, 0.05) is 65.9 Å². The van der Waals surface area contributed by atoms with E-state index in [1.807, 2.05) is 18.2 Å². The first kappa shape index (κ1) is 20.7. The molecule has 0 unspecified atom stereocenters. The average molecular weight is 432 g/mol. The molecule has 154 valence electrons. The van der Waals surface area contributed by atoms with Gasteiger partial charge in [0.05, 0.1) is 13.2 Å². The molecule has 0 radical (unpaired) electrons. The van der Waals surface area contributed by atoms with E-state index in [9.17, 15) is 0 Å². The summed E-state index contributed by atoms with van der Waals surface area (Å²) < 4.78 is 7.77. The van der Waals surface area contributed by atoms with Crippen LogP contribution in [0, 0.1) is 6.92 Å². The predicted molar refractivity (Wildman–Crippen MR) is 121 cm³/mol. The molecule has 0 bridgehead atoms. The summed E-state index contributed by atoms with van der Waals surface area (Å²) in [5.74, 6) is 0. The number of aromatic nitrogens is 1. The third-order valence-electron chi connectivity index (χ3n) is 5.72. The first-order chi connectivity index (χ1) is 14.1. The van der Waals surface area contributed by atoms with Gasteiger partial charge in [-0.15, -0.1) is 0 Å². The molecular formula is C23H27Cl2N3O. The minimum absolute atomic E-state index is 0.665. The molecule has 2 aromatic carbocycles. The first-order valence-electron chi connectivity index (χ1n) is 10.1. The van der Waals surface area contributed by atoms with E-state index >= 15 is 0 Å². The minimum atomic E-state index is 0.665. The average Bonchev–Trinajstić information content (AvgIpc) is 2.99. The zero-order valence-electron chi connectivity index (χ0n) is 16.8. The van der Waals surface area contributed by atoms with Crippen molar-refractivity contribution >= 4 is 34.1 Å². The van der Waals surface area contributed by atoms with E-state index in [-0.39, 0.29) is 0 Å². The molecule has 29 heavy (non-hydrogen) atoms. The Bertz CT molecular complexity index is 980. The molecule has 4 rings (SSSR count). The third kappa shape index (κ3) is 4.79. The van der Waals surface area contributed by atoms with Crippen LogP contribution >= 0.6 is 23.2 Å². The summed E-state index contributed by atoms with van der Waals surface area (Å²) in [5.41, 5.74) is 4.94. The van der Waals surface area contributed by atoms with Crippen LogP contribution in [0.2, 0.25) is 10.0 Å². The number of nitrogens with one attached hydrogen (secondary N) is 1. The number of ether oxygens (including phenoxy) is 1. The van der Waals surface area contributed by atoms with Crippen molar-refractivity contribution in [2.45, 2.75) is 20.0 Å². The number of halogens is 2. The molecule has 1 aliphatic heterocycles. The van der Waals surface area contributed by atoms with Gasteiger partial charge in [0.1, 0.15) is 0 Å². The van der Waals surface area contributed by atoms with Crippen LogP contribution in [0.15, 0.2) is 42.5 Å². The van der Waals surface area contributed by atoms with Crippen LogP contribution in [0.1, 0.15) is 16.8 Å². The maximum atomic E-state index is 6.44. The second-order valence-electron chi connectivity index (χ2n) is 7.53. The van der Waals surface area contributed by atoms with Crippen molar-refractivity contribution in [3.63, 3.8) is 0 Å². The van der Waals surface area contributed by atoms with Crippen molar-refractivity contribution in [3.05, 3.63) is 69.3 Å². The summed E-state index contributed by atoms with van der Waals surface area (Å²) in [4.78, 5) is 2.45. The Hall–Kier alpha value is -1.56. The summed E-state index contributed by atoms with van der Waals surface area (Å²) >= 11 is 12.5. The van der Waals surface area contributed by atoms with Gasteiger partial charge in [-0.25, -0.2) is 0 Å². The normalized spacial score (nSPS) is 15.3. The fourth-order valence-corrected chi connectivity index (χ4v) is 4.49. The second-order valence-corrected chi connectivity index (χ2v) is 8.38. The summed E-state index contributed by atoms with van der Waals surface area (Å²) in [5, 5.41) is 6.31. The van der Waals surface area contributed by atoms with Gasteiger partial charge in [-0.1, -0.05) is 47.5 Å². The lowest BCUT2D eigenvalue weighted by atomic mass is 10.1. The fourth-order valence-electron chi connectivity index (χ4n) is 4.03. The van der Waals surface area contributed by atoms with E-state index in [1.54, 1.807) is 0 Å². The van der Waals surface area contributed by atoms with Crippen molar-refractivity contribution in [2.75, 3.05) is 39.4 Å². The van der Waals surface area contributed by atoms with E-state index in [0.717, 1.165) is 58.0 Å². The number of morpholine rings is 1. The van der Waals surface area contributed by atoms with E-state index in [2.05, 4.69) is 46.0 Å². The van der Waals surface area contributed by atoms with Crippen LogP contribution in [-0.4, -0.2) is 48.9 Å². The van der Waals surface area contributed by atoms with Crippen molar-refractivity contribution in [3.8, 4) is 0 Å². The highest BCUT2D eigenvalue weighted by atomic mass is 35.5. The van der Waals surface area contributed by atoms with Crippen LogP contribution in [0.4, 0.5) is 0 Å². The number of hydrogen-bond acceptors (Lipinski definition) is 3. The van der Waals surface area contributed by atoms with Crippen molar-refractivity contribution in [2.24, 2.45) is 0 Å². The Morgan fingerprint density at radius 3 is 2.66 bits per heavy atom. The predicted octanol–water partition coefficient (Wildman–Crippen LogP) is 4.73. The number of rotatable bonds is 7. The first-order valence-corrected chi connectivity index (χ1v) is 10.9. The smallest absolute Gasteiger partial charge is 0.0594 e. The lowest BCUT2D eigenvalue weighted by Gasteiger charge is -2.26. The van der Waals surface area contributed by atoms with Gasteiger partial charge in [-0.05, 0) is 36.2 Å². The minimum Gasteiger partial charge on any atom is -0.379 e. The Morgan fingerprint density at radius 2 is 1.86 bits per heavy atom. The van der Waals surface area contributed by atoms with E-state index in [4.69, 9.17) is 27.9 Å². The molecule has 2 heterocycles. The van der Waals surface area contributed by atoms with Gasteiger partial charge < -0.3 is 14.6 Å². The Kier molecular flexibility index (Phi) is 6.78. The summed E-state index contributed by atoms with van der Waals surface area (Å²) in [6, 6.07) is 14.3. The van der Waals surface area contributed by atoms with E-state index in [1.165, 1.54) is 22.2 Å². The fraction of sp³-hybridized carbons (Fsp3) is 0.391. The van der Waals surface area contributed by atoms with Crippen LogP contribution in [0.3, 0.4) is 0 Å². The monoisotopic (exact) mass is 431 g/mol. The molecule has 0 spiro atoms. The molecule has 4 nitrogen and oxygen atoms in total. The van der Waals surface area contributed by atoms with Gasteiger partial charge >= 0.3 is 0 Å². The Balaban J connectivity index is 1.51. The zero-order chi connectivity index (χ0) is 20.2. The van der Waals surface area contributed by atoms with Gasteiger partial charge in [-0.3, -0.25) is 4.90 Å². The van der Waals surface area contributed by atoms with Crippen molar-refractivity contribution in [1.29, 1.82) is 0 Å². The highest BCUT2D eigenvalue weighted by Crippen LogP contribution is 2.29. The van der Waals surface area contributed by atoms with Crippen LogP contribution in [0.25, 0.3) is 10.9 Å². The maximum absolute atomic E-state index is 6.44. The largest absolute Gasteiger partial charge is 0.379 e. The molecule has 0 atom stereocenters. The molecular weight excluding hydrogens is 405 g/mol. The van der Waals surface area contributed by atoms with E-state index in [0.29, 0.717) is 10.0 Å². The van der Waals surface area contributed by atoms with Crippen molar-refractivity contribution in [1.82, 2.24) is 14.8 Å². The number of fused-ring (bicyclic) bond motifs is 1. The molecule has 6 heteroatoms. The third-order valence-corrected chi connectivity index (χ3v) is 6.30. The molecule has 0 saturated carbocycles.